The standard InChI is InChI=1S/C39H49Cl2N5O4/c1-7-44(23-24-49-6)34(47)26-43-19-21-45(22-20-43)38(48)46-36(28-11-16-31(41)17-12-28)35(27-9-14-30(40)15-10-27)42-37(46)32-18-13-29(39(3,4)5)25-33(32)50-8-2/h9-18,25,35-36H,7-8,19-24,26H2,1-6H3/t35-,36+/m0/s1. The highest BCUT2D eigenvalue weighted by Crippen LogP contribution is 2.46. The number of hydrogen-bond acceptors (Lipinski definition) is 6. The molecule has 0 aromatic heterocycles. The third-order valence-corrected chi connectivity index (χ3v) is 9.89. The number of likely N-dealkylation sites (N-methyl/N-ethyl adjacent to an activating group) is 1. The van der Waals surface area contributed by atoms with Gasteiger partial charge in [0.1, 0.15) is 17.6 Å². The van der Waals surface area contributed by atoms with Gasteiger partial charge in [0.15, 0.2) is 0 Å². The van der Waals surface area contributed by atoms with Gasteiger partial charge in [0.2, 0.25) is 5.91 Å². The van der Waals surface area contributed by atoms with Crippen molar-refractivity contribution in [3.05, 3.63) is 99.0 Å². The van der Waals surface area contributed by atoms with E-state index in [0.717, 1.165) is 22.3 Å². The summed E-state index contributed by atoms with van der Waals surface area (Å²) in [6.45, 7) is 15.0. The fourth-order valence-corrected chi connectivity index (χ4v) is 6.76. The van der Waals surface area contributed by atoms with Gasteiger partial charge in [-0.25, -0.2) is 4.79 Å². The maximum absolute atomic E-state index is 14.9. The Kier molecular flexibility index (Phi) is 12.5. The van der Waals surface area contributed by atoms with Crippen molar-refractivity contribution in [2.45, 2.75) is 52.1 Å². The first-order chi connectivity index (χ1) is 23.9. The van der Waals surface area contributed by atoms with Crippen LogP contribution in [0.2, 0.25) is 10.0 Å². The second kappa shape index (κ2) is 16.6. The number of carbonyl (C=O) groups is 2. The molecule has 2 atom stereocenters. The molecule has 0 saturated carbocycles. The second-order valence-electron chi connectivity index (χ2n) is 13.7. The first-order valence-electron chi connectivity index (χ1n) is 17.4. The lowest BCUT2D eigenvalue weighted by molar-refractivity contribution is -0.133. The van der Waals surface area contributed by atoms with Crippen LogP contribution in [0.5, 0.6) is 5.75 Å². The Labute approximate surface area is 306 Å². The van der Waals surface area contributed by atoms with Crippen molar-refractivity contribution in [1.29, 1.82) is 0 Å². The van der Waals surface area contributed by atoms with E-state index in [1.165, 1.54) is 0 Å². The summed E-state index contributed by atoms with van der Waals surface area (Å²) in [4.78, 5) is 41.0. The van der Waals surface area contributed by atoms with Gasteiger partial charge in [0, 0.05) is 56.4 Å². The normalized spacial score (nSPS) is 18.3. The van der Waals surface area contributed by atoms with E-state index < -0.39 is 12.1 Å². The van der Waals surface area contributed by atoms with Crippen molar-refractivity contribution in [3.8, 4) is 5.75 Å². The largest absolute Gasteiger partial charge is 0.493 e. The average Bonchev–Trinajstić information content (AvgIpc) is 3.49. The molecular weight excluding hydrogens is 673 g/mol. The van der Waals surface area contributed by atoms with Gasteiger partial charge in [-0.05, 0) is 72.4 Å². The summed E-state index contributed by atoms with van der Waals surface area (Å²) in [7, 11) is 1.64. The molecule has 50 heavy (non-hydrogen) atoms. The average molecular weight is 723 g/mol. The first-order valence-corrected chi connectivity index (χ1v) is 18.1. The minimum atomic E-state index is -0.466. The van der Waals surface area contributed by atoms with Crippen molar-refractivity contribution in [2.75, 3.05) is 66.1 Å². The molecule has 0 unspecified atom stereocenters. The Morgan fingerprint density at radius 3 is 2.08 bits per heavy atom. The van der Waals surface area contributed by atoms with Crippen molar-refractivity contribution >= 4 is 41.0 Å². The molecule has 1 saturated heterocycles. The van der Waals surface area contributed by atoms with Crippen LogP contribution in [0, 0.1) is 0 Å². The summed E-state index contributed by atoms with van der Waals surface area (Å²) < 4.78 is 11.4. The van der Waals surface area contributed by atoms with E-state index in [0.29, 0.717) is 80.7 Å². The highest BCUT2D eigenvalue weighted by Gasteiger charge is 2.45. The van der Waals surface area contributed by atoms with Gasteiger partial charge in [-0.1, -0.05) is 74.3 Å². The minimum absolute atomic E-state index is 0.0639. The molecule has 11 heteroatoms. The number of amidine groups is 1. The van der Waals surface area contributed by atoms with E-state index in [4.69, 9.17) is 37.7 Å². The number of benzene rings is 3. The molecule has 0 N–H and O–H groups in total. The smallest absolute Gasteiger partial charge is 0.326 e. The number of amides is 3. The molecule has 0 aliphatic carbocycles. The van der Waals surface area contributed by atoms with Crippen LogP contribution in [0.25, 0.3) is 0 Å². The topological polar surface area (TPSA) is 77.9 Å². The van der Waals surface area contributed by atoms with Gasteiger partial charge < -0.3 is 19.3 Å². The Morgan fingerprint density at radius 1 is 0.900 bits per heavy atom. The van der Waals surface area contributed by atoms with Crippen LogP contribution in [0.15, 0.2) is 71.7 Å². The van der Waals surface area contributed by atoms with E-state index in [1.54, 1.807) is 7.11 Å². The molecule has 1 fully saturated rings. The van der Waals surface area contributed by atoms with Gasteiger partial charge in [0.05, 0.1) is 31.4 Å². The fourth-order valence-electron chi connectivity index (χ4n) is 6.50. The maximum Gasteiger partial charge on any atom is 0.326 e. The maximum atomic E-state index is 14.9. The zero-order valence-corrected chi connectivity index (χ0v) is 31.5. The van der Waals surface area contributed by atoms with Gasteiger partial charge in [-0.15, -0.1) is 0 Å². The van der Waals surface area contributed by atoms with Crippen molar-refractivity contribution in [1.82, 2.24) is 19.6 Å². The molecule has 3 aromatic carbocycles. The van der Waals surface area contributed by atoms with Crippen molar-refractivity contribution < 1.29 is 19.1 Å². The number of ether oxygens (including phenoxy) is 2. The predicted octanol–water partition coefficient (Wildman–Crippen LogP) is 7.47. The summed E-state index contributed by atoms with van der Waals surface area (Å²) in [6.07, 6.45) is 0. The molecular formula is C39H49Cl2N5O4. The molecule has 5 rings (SSSR count). The zero-order valence-electron chi connectivity index (χ0n) is 30.0. The van der Waals surface area contributed by atoms with E-state index >= 15 is 0 Å². The van der Waals surface area contributed by atoms with E-state index in [9.17, 15) is 9.59 Å². The van der Waals surface area contributed by atoms with Gasteiger partial charge in [-0.3, -0.25) is 19.6 Å². The number of aliphatic imine (C=N–C) groups is 1. The van der Waals surface area contributed by atoms with E-state index in [2.05, 4.69) is 37.8 Å². The SMILES string of the molecule is CCOc1cc(C(C)(C)C)ccc1C1=N[C@@H](c2ccc(Cl)cc2)[C@@H](c2ccc(Cl)cc2)N1C(=O)N1CCN(CC(=O)N(CC)CCOC)CC1. The van der Waals surface area contributed by atoms with Crippen molar-refractivity contribution in [3.63, 3.8) is 0 Å². The van der Waals surface area contributed by atoms with Crippen LogP contribution >= 0.6 is 23.2 Å². The molecule has 2 heterocycles. The number of urea groups is 1. The summed E-state index contributed by atoms with van der Waals surface area (Å²) in [5, 5.41) is 1.24. The van der Waals surface area contributed by atoms with Crippen LogP contribution in [0.4, 0.5) is 4.79 Å². The number of halogens is 2. The van der Waals surface area contributed by atoms with Gasteiger partial charge >= 0.3 is 6.03 Å². The molecule has 0 bridgehead atoms. The molecule has 268 valence electrons. The summed E-state index contributed by atoms with van der Waals surface area (Å²) >= 11 is 12.7. The molecule has 2 aliphatic rings. The number of methoxy groups -OCH3 is 1. The number of hydrogen-bond donors (Lipinski definition) is 0. The van der Waals surface area contributed by atoms with E-state index in [1.807, 2.05) is 83.1 Å². The Bertz CT molecular complexity index is 1650. The fraction of sp³-hybridized carbons (Fsp3) is 0.462. The van der Waals surface area contributed by atoms with Crippen molar-refractivity contribution in [2.24, 2.45) is 4.99 Å². The lowest BCUT2D eigenvalue weighted by Crippen LogP contribution is -2.55. The molecule has 3 aromatic rings. The summed E-state index contributed by atoms with van der Waals surface area (Å²) in [6, 6.07) is 20.4. The third kappa shape index (κ3) is 8.62. The lowest BCUT2D eigenvalue weighted by atomic mass is 9.86. The molecule has 2 aliphatic heterocycles. The van der Waals surface area contributed by atoms with Gasteiger partial charge in [0.25, 0.3) is 0 Å². The van der Waals surface area contributed by atoms with Crippen LogP contribution in [-0.2, 0) is 14.9 Å². The lowest BCUT2D eigenvalue weighted by Gasteiger charge is -2.39. The summed E-state index contributed by atoms with van der Waals surface area (Å²) in [5.41, 5.74) is 3.62. The Morgan fingerprint density at radius 2 is 1.52 bits per heavy atom. The van der Waals surface area contributed by atoms with Crippen LogP contribution in [0.3, 0.4) is 0 Å². The highest BCUT2D eigenvalue weighted by atomic mass is 35.5. The van der Waals surface area contributed by atoms with Gasteiger partial charge in [-0.2, -0.15) is 0 Å². The zero-order chi connectivity index (χ0) is 36.0. The second-order valence-corrected chi connectivity index (χ2v) is 14.6. The van der Waals surface area contributed by atoms with Crippen LogP contribution in [0.1, 0.15) is 69.0 Å². The summed E-state index contributed by atoms with van der Waals surface area (Å²) in [5.74, 6) is 1.29. The Hall–Kier alpha value is -3.63. The highest BCUT2D eigenvalue weighted by molar-refractivity contribution is 6.30. The first kappa shape index (κ1) is 37.6. The minimum Gasteiger partial charge on any atom is -0.493 e. The van der Waals surface area contributed by atoms with Crippen LogP contribution < -0.4 is 4.74 Å². The Balaban J connectivity index is 1.53. The van der Waals surface area contributed by atoms with Crippen LogP contribution in [-0.4, -0.2) is 104 Å². The molecule has 9 nitrogen and oxygen atoms in total. The predicted molar refractivity (Wildman–Crippen MR) is 201 cm³/mol. The number of piperazine rings is 1. The molecule has 0 radical (unpaired) electrons. The molecule has 3 amide bonds. The quantitative estimate of drug-likeness (QED) is 0.205. The number of nitrogens with zero attached hydrogens (tertiary/aromatic N) is 5. The third-order valence-electron chi connectivity index (χ3n) is 9.39. The number of carbonyl (C=O) groups excluding carboxylic acids is 2. The molecule has 0 spiro atoms. The number of rotatable bonds is 11. The van der Waals surface area contributed by atoms with E-state index in [-0.39, 0.29) is 17.4 Å². The monoisotopic (exact) mass is 721 g/mol.